The number of hydrogen-bond donors (Lipinski definition) is 1. The van der Waals surface area contributed by atoms with Gasteiger partial charge in [0.05, 0.1) is 0 Å². The van der Waals surface area contributed by atoms with Crippen LogP contribution in [0, 0.1) is 4.77 Å². The molecule has 0 atom stereocenters. The first kappa shape index (κ1) is 11.2. The first-order valence-corrected chi connectivity index (χ1v) is 5.55. The van der Waals surface area contributed by atoms with E-state index in [-0.39, 0.29) is 0 Å². The molecule has 0 saturated carbocycles. The van der Waals surface area contributed by atoms with Gasteiger partial charge in [0.25, 0.3) is 0 Å². The van der Waals surface area contributed by atoms with Crippen molar-refractivity contribution in [3.05, 3.63) is 4.77 Å². The lowest BCUT2D eigenvalue weighted by Gasteiger charge is -2.19. The highest BCUT2D eigenvalue weighted by atomic mass is 32.1. The van der Waals surface area contributed by atoms with E-state index in [1.54, 1.807) is 0 Å². The summed E-state index contributed by atoms with van der Waals surface area (Å²) in [7, 11) is 0. The van der Waals surface area contributed by atoms with Crippen molar-refractivity contribution in [1.29, 1.82) is 0 Å². The summed E-state index contributed by atoms with van der Waals surface area (Å²) in [6, 6.07) is 0. The predicted molar refractivity (Wildman–Crippen MR) is 61.3 cm³/mol. The van der Waals surface area contributed by atoms with Crippen LogP contribution in [0.5, 0.6) is 0 Å². The highest BCUT2D eigenvalue weighted by Crippen LogP contribution is 2.11. The van der Waals surface area contributed by atoms with Crippen LogP contribution >= 0.6 is 12.2 Å². The first-order chi connectivity index (χ1) is 6.74. The van der Waals surface area contributed by atoms with Crippen LogP contribution in [0.1, 0.15) is 27.2 Å². The number of anilines is 1. The molecule has 0 aromatic carbocycles. The molecule has 1 rings (SSSR count). The van der Waals surface area contributed by atoms with Crippen molar-refractivity contribution in [3.8, 4) is 0 Å². The van der Waals surface area contributed by atoms with E-state index in [4.69, 9.17) is 12.2 Å². The smallest absolute Gasteiger partial charge is 0.225 e. The number of H-pyrrole nitrogens is 1. The van der Waals surface area contributed by atoms with E-state index >= 15 is 0 Å². The summed E-state index contributed by atoms with van der Waals surface area (Å²) in [5, 5.41) is 7.09. The molecule has 1 aromatic rings. The molecule has 0 aliphatic carbocycles. The quantitative estimate of drug-likeness (QED) is 0.763. The van der Waals surface area contributed by atoms with Crippen molar-refractivity contribution in [3.63, 3.8) is 0 Å². The molecule has 0 aliphatic heterocycles. The van der Waals surface area contributed by atoms with Crippen LogP contribution in [0.25, 0.3) is 0 Å². The molecule has 0 unspecified atom stereocenters. The fourth-order valence-corrected chi connectivity index (χ4v) is 1.70. The van der Waals surface area contributed by atoms with Gasteiger partial charge >= 0.3 is 0 Å². The molecule has 4 nitrogen and oxygen atoms in total. The summed E-state index contributed by atoms with van der Waals surface area (Å²) in [5.74, 6) is 0.960. The Kier molecular flexibility index (Phi) is 4.13. The molecule has 0 bridgehead atoms. The molecule has 0 aliphatic rings. The van der Waals surface area contributed by atoms with Crippen molar-refractivity contribution < 1.29 is 0 Å². The molecular formula is C9H18N4S. The Hall–Kier alpha value is -0.840. The summed E-state index contributed by atoms with van der Waals surface area (Å²) in [5.41, 5.74) is 0. The molecule has 80 valence electrons. The zero-order valence-electron chi connectivity index (χ0n) is 9.08. The molecule has 0 amide bonds. The Morgan fingerprint density at radius 2 is 2.00 bits per heavy atom. The number of rotatable bonds is 5. The minimum Gasteiger partial charge on any atom is -0.342 e. The summed E-state index contributed by atoms with van der Waals surface area (Å²) in [4.78, 5) is 2.20. The zero-order valence-corrected chi connectivity index (χ0v) is 9.89. The van der Waals surface area contributed by atoms with E-state index in [1.165, 1.54) is 0 Å². The minimum absolute atomic E-state index is 0.716. The lowest BCUT2D eigenvalue weighted by atomic mass is 10.4. The monoisotopic (exact) mass is 214 g/mol. The van der Waals surface area contributed by atoms with Gasteiger partial charge in [-0.05, 0) is 32.5 Å². The maximum absolute atomic E-state index is 5.17. The largest absolute Gasteiger partial charge is 0.342 e. The lowest BCUT2D eigenvalue weighted by Crippen LogP contribution is -2.25. The van der Waals surface area contributed by atoms with Crippen LogP contribution in [-0.4, -0.2) is 27.9 Å². The molecule has 1 heterocycles. The van der Waals surface area contributed by atoms with E-state index in [0.29, 0.717) is 4.77 Å². The van der Waals surface area contributed by atoms with Gasteiger partial charge in [0.2, 0.25) is 5.95 Å². The van der Waals surface area contributed by atoms with Gasteiger partial charge in [-0.25, -0.2) is 5.10 Å². The number of nitrogens with one attached hydrogen (secondary N) is 1. The van der Waals surface area contributed by atoms with Crippen LogP contribution in [-0.2, 0) is 6.54 Å². The van der Waals surface area contributed by atoms with Gasteiger partial charge < -0.3 is 4.90 Å². The number of nitrogens with zero attached hydrogens (tertiary/aromatic N) is 3. The fraction of sp³-hybridized carbons (Fsp3) is 0.778. The fourth-order valence-electron chi connectivity index (χ4n) is 1.48. The van der Waals surface area contributed by atoms with Gasteiger partial charge in [0.1, 0.15) is 0 Å². The highest BCUT2D eigenvalue weighted by molar-refractivity contribution is 7.71. The molecule has 14 heavy (non-hydrogen) atoms. The second-order valence-corrected chi connectivity index (χ2v) is 3.54. The maximum atomic E-state index is 5.17. The van der Waals surface area contributed by atoms with Gasteiger partial charge in [0, 0.05) is 19.6 Å². The van der Waals surface area contributed by atoms with Crippen molar-refractivity contribution in [2.24, 2.45) is 0 Å². The van der Waals surface area contributed by atoms with Gasteiger partial charge in [-0.2, -0.15) is 0 Å². The average molecular weight is 214 g/mol. The first-order valence-electron chi connectivity index (χ1n) is 5.14. The Morgan fingerprint density at radius 3 is 2.50 bits per heavy atom. The normalized spacial score (nSPS) is 10.5. The van der Waals surface area contributed by atoms with Gasteiger partial charge in [-0.15, -0.1) is 5.10 Å². The summed E-state index contributed by atoms with van der Waals surface area (Å²) < 4.78 is 2.77. The van der Waals surface area contributed by atoms with Crippen LogP contribution < -0.4 is 4.90 Å². The molecule has 0 saturated heterocycles. The SMILES string of the molecule is CCCn1c(N(CC)CC)n[nH]c1=S. The van der Waals surface area contributed by atoms with Crippen molar-refractivity contribution in [2.75, 3.05) is 18.0 Å². The summed E-state index contributed by atoms with van der Waals surface area (Å²) >= 11 is 5.17. The second-order valence-electron chi connectivity index (χ2n) is 3.15. The average Bonchev–Trinajstić information content (AvgIpc) is 2.53. The van der Waals surface area contributed by atoms with E-state index in [0.717, 1.165) is 32.0 Å². The van der Waals surface area contributed by atoms with Crippen molar-refractivity contribution >= 4 is 18.2 Å². The van der Waals surface area contributed by atoms with Crippen molar-refractivity contribution in [1.82, 2.24) is 14.8 Å². The molecule has 1 aromatic heterocycles. The Morgan fingerprint density at radius 1 is 1.36 bits per heavy atom. The lowest BCUT2D eigenvalue weighted by molar-refractivity contribution is 0.649. The molecule has 0 spiro atoms. The van der Waals surface area contributed by atoms with E-state index in [9.17, 15) is 0 Å². The van der Waals surface area contributed by atoms with Gasteiger partial charge in [-0.3, -0.25) is 4.57 Å². The van der Waals surface area contributed by atoms with Gasteiger partial charge in [-0.1, -0.05) is 6.92 Å². The maximum Gasteiger partial charge on any atom is 0.225 e. The van der Waals surface area contributed by atoms with E-state index < -0.39 is 0 Å². The molecule has 5 heteroatoms. The van der Waals surface area contributed by atoms with E-state index in [1.807, 2.05) is 0 Å². The van der Waals surface area contributed by atoms with Crippen LogP contribution in [0.15, 0.2) is 0 Å². The number of aromatic amines is 1. The van der Waals surface area contributed by atoms with Crippen LogP contribution in [0.4, 0.5) is 5.95 Å². The zero-order chi connectivity index (χ0) is 10.6. The Labute approximate surface area is 89.9 Å². The van der Waals surface area contributed by atoms with Gasteiger partial charge in [0.15, 0.2) is 4.77 Å². The van der Waals surface area contributed by atoms with Crippen molar-refractivity contribution in [2.45, 2.75) is 33.7 Å². The summed E-state index contributed by atoms with van der Waals surface area (Å²) in [6.45, 7) is 9.23. The summed E-state index contributed by atoms with van der Waals surface area (Å²) in [6.07, 6.45) is 1.07. The number of hydrogen-bond acceptors (Lipinski definition) is 3. The molecule has 1 N–H and O–H groups in total. The van der Waals surface area contributed by atoms with Crippen LogP contribution in [0.2, 0.25) is 0 Å². The van der Waals surface area contributed by atoms with Crippen LogP contribution in [0.3, 0.4) is 0 Å². The third-order valence-corrected chi connectivity index (χ3v) is 2.54. The highest BCUT2D eigenvalue weighted by Gasteiger charge is 2.10. The molecular weight excluding hydrogens is 196 g/mol. The third-order valence-electron chi connectivity index (χ3n) is 2.23. The standard InChI is InChI=1S/C9H18N4S/c1-4-7-13-8(10-11-9(13)14)12(5-2)6-3/h4-7H2,1-3H3,(H,11,14). The Balaban J connectivity index is 3.00. The minimum atomic E-state index is 0.716. The third kappa shape index (κ3) is 2.15. The van der Waals surface area contributed by atoms with E-state index in [2.05, 4.69) is 40.4 Å². The topological polar surface area (TPSA) is 36.9 Å². The Bertz CT molecular complexity index is 324. The second kappa shape index (κ2) is 5.14. The predicted octanol–water partition coefficient (Wildman–Crippen LogP) is 2.20. The molecule has 0 radical (unpaired) electrons. The number of aromatic nitrogens is 3. The molecule has 0 fully saturated rings.